The maximum atomic E-state index is 3.49. The number of hydrogen-bond acceptors (Lipinski definition) is 3. The highest BCUT2D eigenvalue weighted by molar-refractivity contribution is 5.55. The van der Waals surface area contributed by atoms with Crippen LogP contribution >= 0.6 is 0 Å². The van der Waals surface area contributed by atoms with E-state index in [1.54, 1.807) is 0 Å². The Kier molecular flexibility index (Phi) is 5.65. The lowest BCUT2D eigenvalue weighted by molar-refractivity contribution is 0.337. The molecule has 1 aliphatic rings. The summed E-state index contributed by atoms with van der Waals surface area (Å²) in [4.78, 5) is 5.03. The van der Waals surface area contributed by atoms with Gasteiger partial charge in [-0.1, -0.05) is 26.0 Å². The highest BCUT2D eigenvalue weighted by atomic mass is 15.2. The second-order valence-corrected chi connectivity index (χ2v) is 6.81. The van der Waals surface area contributed by atoms with E-state index in [1.165, 1.54) is 29.8 Å². The number of rotatable bonds is 4. The fourth-order valence-corrected chi connectivity index (χ4v) is 3.20. The Hall–Kier alpha value is -1.06. The van der Waals surface area contributed by atoms with Crippen LogP contribution in [0.4, 0.5) is 5.69 Å². The van der Waals surface area contributed by atoms with Crippen molar-refractivity contribution in [2.75, 3.05) is 31.6 Å². The number of nitrogens with zero attached hydrogens (tertiary/aromatic N) is 2. The quantitative estimate of drug-likeness (QED) is 0.919. The molecule has 0 aromatic heterocycles. The topological polar surface area (TPSA) is 18.5 Å². The molecule has 0 aliphatic carbocycles. The zero-order chi connectivity index (χ0) is 15.4. The highest BCUT2D eigenvalue weighted by Gasteiger charge is 2.21. The Balaban J connectivity index is 2.12. The van der Waals surface area contributed by atoms with Crippen LogP contribution < -0.4 is 10.2 Å². The number of nitrogens with one attached hydrogen (secondary N) is 1. The van der Waals surface area contributed by atoms with E-state index in [0.717, 1.165) is 19.6 Å². The normalized spacial score (nSPS) is 20.9. The van der Waals surface area contributed by atoms with E-state index in [4.69, 9.17) is 0 Å². The molecule has 0 bridgehead atoms. The van der Waals surface area contributed by atoms with Crippen LogP contribution in [0.5, 0.6) is 0 Å². The first kappa shape index (κ1) is 16.3. The fourth-order valence-electron chi connectivity index (χ4n) is 3.20. The smallest absolute Gasteiger partial charge is 0.0398 e. The summed E-state index contributed by atoms with van der Waals surface area (Å²) in [5, 5.41) is 3.49. The summed E-state index contributed by atoms with van der Waals surface area (Å²) in [6.45, 7) is 13.4. The average Bonchev–Trinajstić information content (AvgIpc) is 2.57. The zero-order valence-corrected chi connectivity index (χ0v) is 14.3. The minimum atomic E-state index is 0.533. The summed E-state index contributed by atoms with van der Waals surface area (Å²) >= 11 is 0. The van der Waals surface area contributed by atoms with Crippen molar-refractivity contribution in [2.24, 2.45) is 0 Å². The van der Waals surface area contributed by atoms with Gasteiger partial charge in [0.1, 0.15) is 0 Å². The van der Waals surface area contributed by atoms with Gasteiger partial charge in [-0.25, -0.2) is 0 Å². The maximum absolute atomic E-state index is 3.49. The van der Waals surface area contributed by atoms with Gasteiger partial charge in [-0.3, -0.25) is 0 Å². The van der Waals surface area contributed by atoms with E-state index in [0.29, 0.717) is 12.1 Å². The Labute approximate surface area is 130 Å². The minimum absolute atomic E-state index is 0.533. The van der Waals surface area contributed by atoms with Crippen LogP contribution in [0.1, 0.15) is 38.3 Å². The molecule has 0 amide bonds. The van der Waals surface area contributed by atoms with Gasteiger partial charge in [0, 0.05) is 37.4 Å². The van der Waals surface area contributed by atoms with Crippen LogP contribution in [0.25, 0.3) is 0 Å². The summed E-state index contributed by atoms with van der Waals surface area (Å²) in [7, 11) is 2.23. The van der Waals surface area contributed by atoms with E-state index >= 15 is 0 Å². The van der Waals surface area contributed by atoms with E-state index in [-0.39, 0.29) is 0 Å². The molecule has 0 radical (unpaired) electrons. The molecule has 1 fully saturated rings. The summed E-state index contributed by atoms with van der Waals surface area (Å²) in [6, 6.07) is 8.04. The fraction of sp³-hybridized carbons (Fsp3) is 0.667. The summed E-state index contributed by atoms with van der Waals surface area (Å²) in [6.07, 6.45) is 1.25. The van der Waals surface area contributed by atoms with Crippen LogP contribution in [0.3, 0.4) is 0 Å². The molecule has 1 aromatic rings. The molecule has 1 aliphatic heterocycles. The molecule has 1 N–H and O–H groups in total. The van der Waals surface area contributed by atoms with E-state index in [1.807, 2.05) is 0 Å². The second-order valence-electron chi connectivity index (χ2n) is 6.81. The first-order valence-electron chi connectivity index (χ1n) is 8.25. The number of benzene rings is 1. The van der Waals surface area contributed by atoms with Crippen molar-refractivity contribution in [1.29, 1.82) is 0 Å². The third-order valence-corrected chi connectivity index (χ3v) is 4.33. The van der Waals surface area contributed by atoms with E-state index in [2.05, 4.69) is 68.1 Å². The molecule has 21 heavy (non-hydrogen) atoms. The standard InChI is InChI=1S/C18H31N3/c1-14(2)19-12-17-7-8-18(15(3)11-17)21-10-6-9-20(5)13-16(21)4/h7-8,11,14,16,19H,6,9-10,12-13H2,1-5H3. The second kappa shape index (κ2) is 7.28. The molecule has 1 saturated heterocycles. The summed E-state index contributed by atoms with van der Waals surface area (Å²) < 4.78 is 0. The van der Waals surface area contributed by atoms with E-state index in [9.17, 15) is 0 Å². The van der Waals surface area contributed by atoms with Crippen molar-refractivity contribution in [2.45, 2.75) is 52.7 Å². The van der Waals surface area contributed by atoms with Gasteiger partial charge in [0.25, 0.3) is 0 Å². The van der Waals surface area contributed by atoms with Crippen molar-refractivity contribution in [3.63, 3.8) is 0 Å². The van der Waals surface area contributed by atoms with Gasteiger partial charge in [-0.15, -0.1) is 0 Å². The van der Waals surface area contributed by atoms with Crippen molar-refractivity contribution < 1.29 is 0 Å². The lowest BCUT2D eigenvalue weighted by atomic mass is 10.1. The number of aryl methyl sites for hydroxylation is 1. The first-order chi connectivity index (χ1) is 9.97. The van der Waals surface area contributed by atoms with Crippen LogP contribution in [0, 0.1) is 6.92 Å². The Bertz CT molecular complexity index is 456. The third kappa shape index (κ3) is 4.45. The average molecular weight is 289 g/mol. The number of hydrogen-bond donors (Lipinski definition) is 1. The molecule has 3 heteroatoms. The van der Waals surface area contributed by atoms with Crippen molar-refractivity contribution in [1.82, 2.24) is 10.2 Å². The Morgan fingerprint density at radius 2 is 2.05 bits per heavy atom. The van der Waals surface area contributed by atoms with Crippen LogP contribution in [0.15, 0.2) is 18.2 Å². The van der Waals surface area contributed by atoms with Gasteiger partial charge in [-0.05, 0) is 51.1 Å². The van der Waals surface area contributed by atoms with Gasteiger partial charge >= 0.3 is 0 Å². The molecule has 0 saturated carbocycles. The van der Waals surface area contributed by atoms with E-state index < -0.39 is 0 Å². The van der Waals surface area contributed by atoms with Crippen molar-refractivity contribution >= 4 is 5.69 Å². The summed E-state index contributed by atoms with van der Waals surface area (Å²) in [5.74, 6) is 0. The van der Waals surface area contributed by atoms with Crippen molar-refractivity contribution in [3.8, 4) is 0 Å². The molecule has 1 unspecified atom stereocenters. The number of anilines is 1. The van der Waals surface area contributed by atoms with Gasteiger partial charge < -0.3 is 15.1 Å². The molecule has 0 spiro atoms. The minimum Gasteiger partial charge on any atom is -0.367 e. The molecule has 1 aromatic carbocycles. The molecular weight excluding hydrogens is 258 g/mol. The van der Waals surface area contributed by atoms with Gasteiger partial charge in [0.05, 0.1) is 0 Å². The maximum Gasteiger partial charge on any atom is 0.0398 e. The molecule has 2 rings (SSSR count). The van der Waals surface area contributed by atoms with Gasteiger partial charge in [0.2, 0.25) is 0 Å². The summed E-state index contributed by atoms with van der Waals surface area (Å²) in [5.41, 5.74) is 4.19. The van der Waals surface area contributed by atoms with Crippen LogP contribution in [-0.4, -0.2) is 43.7 Å². The zero-order valence-electron chi connectivity index (χ0n) is 14.3. The highest BCUT2D eigenvalue weighted by Crippen LogP contribution is 2.25. The molecule has 1 heterocycles. The largest absolute Gasteiger partial charge is 0.367 e. The lowest BCUT2D eigenvalue weighted by Gasteiger charge is -2.31. The molecule has 118 valence electrons. The van der Waals surface area contributed by atoms with Gasteiger partial charge in [0.15, 0.2) is 0 Å². The monoisotopic (exact) mass is 289 g/mol. The Morgan fingerprint density at radius 1 is 1.29 bits per heavy atom. The van der Waals surface area contributed by atoms with Crippen LogP contribution in [0.2, 0.25) is 0 Å². The Morgan fingerprint density at radius 3 is 2.71 bits per heavy atom. The lowest BCUT2D eigenvalue weighted by Crippen LogP contribution is -2.38. The van der Waals surface area contributed by atoms with Gasteiger partial charge in [-0.2, -0.15) is 0 Å². The van der Waals surface area contributed by atoms with Crippen LogP contribution in [-0.2, 0) is 6.54 Å². The number of likely N-dealkylation sites (N-methyl/N-ethyl adjacent to an activating group) is 1. The predicted octanol–water partition coefficient (Wildman–Crippen LogP) is 3.02. The van der Waals surface area contributed by atoms with Crippen molar-refractivity contribution in [3.05, 3.63) is 29.3 Å². The first-order valence-corrected chi connectivity index (χ1v) is 8.25. The molecule has 1 atom stereocenters. The molecule has 3 nitrogen and oxygen atoms in total. The molecular formula is C18H31N3. The predicted molar refractivity (Wildman–Crippen MR) is 92.1 cm³/mol. The SMILES string of the molecule is Cc1cc(CNC(C)C)ccc1N1CCCN(C)CC1C. The third-order valence-electron chi connectivity index (χ3n) is 4.33.